The molecule has 1 heterocycles. The summed E-state index contributed by atoms with van der Waals surface area (Å²) in [7, 11) is 1.67. The van der Waals surface area contributed by atoms with Crippen LogP contribution in [0.4, 0.5) is 0 Å². The highest BCUT2D eigenvalue weighted by atomic mass is 16.5. The van der Waals surface area contributed by atoms with Crippen molar-refractivity contribution in [1.29, 1.82) is 0 Å². The smallest absolute Gasteiger partial charge is 0.148 e. The van der Waals surface area contributed by atoms with Gasteiger partial charge >= 0.3 is 0 Å². The summed E-state index contributed by atoms with van der Waals surface area (Å²) in [4.78, 5) is 12.2. The molecular weight excluding hydrogens is 266 g/mol. The lowest BCUT2D eigenvalue weighted by atomic mass is 10.1. The topological polar surface area (TPSA) is 77.8 Å². The standard InChI is InChI=1S/C15H23N5O/c1-4-13(11-20-8-7-18-12-20)14(16)10-15(17-2)19-6-5-9-21-3/h7-8,10-12H,2,4-6,9,16H2,1,3H3/b13-11+,14-10?,19-15?. The molecule has 0 fully saturated rings. The third-order valence-corrected chi connectivity index (χ3v) is 2.81. The number of allylic oxidation sites excluding steroid dienone is 1. The molecule has 6 nitrogen and oxygen atoms in total. The first kappa shape index (κ1) is 16.8. The largest absolute Gasteiger partial charge is 0.398 e. The zero-order valence-corrected chi connectivity index (χ0v) is 12.7. The first-order valence-corrected chi connectivity index (χ1v) is 6.87. The molecule has 1 aromatic heterocycles. The molecular formula is C15H23N5O. The molecule has 21 heavy (non-hydrogen) atoms. The van der Waals surface area contributed by atoms with Crippen LogP contribution in [-0.2, 0) is 4.74 Å². The number of nitrogens with zero attached hydrogens (tertiary/aromatic N) is 4. The summed E-state index contributed by atoms with van der Waals surface area (Å²) < 4.78 is 6.84. The summed E-state index contributed by atoms with van der Waals surface area (Å²) in [5, 5.41) is 0. The predicted molar refractivity (Wildman–Crippen MR) is 87.4 cm³/mol. The van der Waals surface area contributed by atoms with E-state index in [-0.39, 0.29) is 0 Å². The third kappa shape index (κ3) is 6.18. The van der Waals surface area contributed by atoms with Crippen molar-refractivity contribution in [3.05, 3.63) is 36.1 Å². The van der Waals surface area contributed by atoms with Gasteiger partial charge in [0.2, 0.25) is 0 Å². The Hall–Kier alpha value is -2.21. The summed E-state index contributed by atoms with van der Waals surface area (Å²) >= 11 is 0. The van der Waals surface area contributed by atoms with E-state index in [0.29, 0.717) is 24.7 Å². The fourth-order valence-electron chi connectivity index (χ4n) is 1.67. The maximum atomic E-state index is 6.12. The van der Waals surface area contributed by atoms with Gasteiger partial charge in [-0.15, -0.1) is 0 Å². The minimum absolute atomic E-state index is 0.536. The number of aromatic nitrogens is 2. The molecule has 0 aromatic carbocycles. The van der Waals surface area contributed by atoms with E-state index in [1.165, 1.54) is 0 Å². The number of hydrogen-bond acceptors (Lipinski definition) is 4. The number of ether oxygens (including phenoxy) is 1. The van der Waals surface area contributed by atoms with Crippen LogP contribution in [-0.4, -0.2) is 42.4 Å². The van der Waals surface area contributed by atoms with E-state index in [1.807, 2.05) is 23.9 Å². The minimum atomic E-state index is 0.536. The van der Waals surface area contributed by atoms with E-state index >= 15 is 0 Å². The Kier molecular flexibility index (Phi) is 7.74. The average Bonchev–Trinajstić information content (AvgIpc) is 3.00. The summed E-state index contributed by atoms with van der Waals surface area (Å²) in [5.74, 6) is 0.536. The molecule has 0 aliphatic heterocycles. The van der Waals surface area contributed by atoms with Gasteiger partial charge in [0.15, 0.2) is 0 Å². The zero-order chi connectivity index (χ0) is 15.5. The van der Waals surface area contributed by atoms with E-state index in [9.17, 15) is 0 Å². The van der Waals surface area contributed by atoms with Crippen molar-refractivity contribution in [2.45, 2.75) is 19.8 Å². The SMILES string of the molecule is C=NC(C=C(N)/C(=C/n1ccnc1)CC)=NCCCOC. The summed E-state index contributed by atoms with van der Waals surface area (Å²) in [6.07, 6.45) is 10.6. The van der Waals surface area contributed by atoms with Gasteiger partial charge in [-0.3, -0.25) is 4.99 Å². The van der Waals surface area contributed by atoms with E-state index < -0.39 is 0 Å². The Balaban J connectivity index is 2.81. The lowest BCUT2D eigenvalue weighted by Gasteiger charge is -2.06. The molecule has 0 aliphatic rings. The monoisotopic (exact) mass is 289 g/mol. The lowest BCUT2D eigenvalue weighted by molar-refractivity contribution is 0.197. The molecule has 0 saturated carbocycles. The van der Waals surface area contributed by atoms with Gasteiger partial charge < -0.3 is 15.0 Å². The van der Waals surface area contributed by atoms with Crippen LogP contribution in [0.2, 0.25) is 0 Å². The number of hydrogen-bond donors (Lipinski definition) is 1. The Morgan fingerprint density at radius 3 is 2.90 bits per heavy atom. The summed E-state index contributed by atoms with van der Waals surface area (Å²) in [6, 6.07) is 0. The molecule has 1 aromatic rings. The van der Waals surface area contributed by atoms with Gasteiger partial charge in [-0.05, 0) is 25.1 Å². The van der Waals surface area contributed by atoms with Gasteiger partial charge in [0.1, 0.15) is 5.84 Å². The van der Waals surface area contributed by atoms with Gasteiger partial charge in [0.25, 0.3) is 0 Å². The molecule has 0 unspecified atom stereocenters. The first-order valence-electron chi connectivity index (χ1n) is 6.87. The van der Waals surface area contributed by atoms with Crippen molar-refractivity contribution in [1.82, 2.24) is 9.55 Å². The van der Waals surface area contributed by atoms with Crippen LogP contribution in [0.1, 0.15) is 19.8 Å². The van der Waals surface area contributed by atoms with Crippen LogP contribution in [0, 0.1) is 0 Å². The zero-order valence-electron chi connectivity index (χ0n) is 12.7. The van der Waals surface area contributed by atoms with Gasteiger partial charge in [-0.2, -0.15) is 0 Å². The molecule has 0 atom stereocenters. The highest BCUT2D eigenvalue weighted by molar-refractivity contribution is 5.97. The van der Waals surface area contributed by atoms with E-state index in [2.05, 4.69) is 21.7 Å². The fourth-order valence-corrected chi connectivity index (χ4v) is 1.67. The Morgan fingerprint density at radius 1 is 1.52 bits per heavy atom. The average molecular weight is 289 g/mol. The molecule has 114 valence electrons. The second-order valence-corrected chi connectivity index (χ2v) is 4.36. The Labute approximate surface area is 125 Å². The molecule has 0 aliphatic carbocycles. The summed E-state index contributed by atoms with van der Waals surface area (Å²) in [6.45, 7) is 6.88. The maximum Gasteiger partial charge on any atom is 0.148 e. The molecule has 6 heteroatoms. The number of amidine groups is 1. The predicted octanol–water partition coefficient (Wildman–Crippen LogP) is 2.11. The molecule has 2 N–H and O–H groups in total. The van der Waals surface area contributed by atoms with Crippen LogP contribution >= 0.6 is 0 Å². The maximum absolute atomic E-state index is 6.12. The first-order chi connectivity index (χ1) is 10.2. The molecule has 1 rings (SSSR count). The molecule has 0 radical (unpaired) electrons. The van der Waals surface area contributed by atoms with Gasteiger partial charge in [-0.1, -0.05) is 6.92 Å². The van der Waals surface area contributed by atoms with Gasteiger partial charge in [0.05, 0.1) is 6.33 Å². The van der Waals surface area contributed by atoms with Crippen molar-refractivity contribution in [2.75, 3.05) is 20.3 Å². The van der Waals surface area contributed by atoms with Gasteiger partial charge in [0, 0.05) is 50.6 Å². The van der Waals surface area contributed by atoms with Crippen molar-refractivity contribution < 1.29 is 4.74 Å². The van der Waals surface area contributed by atoms with E-state index in [0.717, 1.165) is 18.4 Å². The number of methoxy groups -OCH3 is 1. The third-order valence-electron chi connectivity index (χ3n) is 2.81. The summed E-state index contributed by atoms with van der Waals surface area (Å²) in [5.41, 5.74) is 7.73. The fraction of sp³-hybridized carbons (Fsp3) is 0.400. The van der Waals surface area contributed by atoms with Crippen molar-refractivity contribution >= 4 is 18.8 Å². The van der Waals surface area contributed by atoms with E-state index in [1.54, 1.807) is 25.7 Å². The number of aliphatic imine (C=N–C) groups is 2. The lowest BCUT2D eigenvalue weighted by Crippen LogP contribution is -2.05. The van der Waals surface area contributed by atoms with Crippen LogP contribution in [0.5, 0.6) is 0 Å². The van der Waals surface area contributed by atoms with Crippen LogP contribution < -0.4 is 5.73 Å². The van der Waals surface area contributed by atoms with Crippen LogP contribution in [0.25, 0.3) is 6.20 Å². The molecule has 0 bridgehead atoms. The highest BCUT2D eigenvalue weighted by Gasteiger charge is 2.01. The minimum Gasteiger partial charge on any atom is -0.398 e. The molecule has 0 spiro atoms. The number of imidazole rings is 1. The molecule has 0 amide bonds. The van der Waals surface area contributed by atoms with Gasteiger partial charge in [-0.25, -0.2) is 9.98 Å². The number of nitrogens with two attached hydrogens (primary N) is 1. The van der Waals surface area contributed by atoms with Crippen molar-refractivity contribution in [3.8, 4) is 0 Å². The number of rotatable bonds is 8. The quantitative estimate of drug-likeness (QED) is 0.344. The second-order valence-electron chi connectivity index (χ2n) is 4.36. The second kappa shape index (κ2) is 9.66. The molecule has 0 saturated heterocycles. The van der Waals surface area contributed by atoms with Crippen molar-refractivity contribution in [2.24, 2.45) is 15.7 Å². The Bertz CT molecular complexity index is 514. The Morgan fingerprint density at radius 2 is 2.33 bits per heavy atom. The normalized spacial score (nSPS) is 13.5. The highest BCUT2D eigenvalue weighted by Crippen LogP contribution is 2.11. The van der Waals surface area contributed by atoms with Crippen LogP contribution in [0.15, 0.2) is 46.1 Å². The van der Waals surface area contributed by atoms with Crippen LogP contribution in [0.3, 0.4) is 0 Å². The van der Waals surface area contributed by atoms with E-state index in [4.69, 9.17) is 10.5 Å². The van der Waals surface area contributed by atoms with Crippen molar-refractivity contribution in [3.63, 3.8) is 0 Å².